The minimum atomic E-state index is -0.431. The van der Waals surface area contributed by atoms with Crippen molar-refractivity contribution in [1.29, 1.82) is 0 Å². The lowest BCUT2D eigenvalue weighted by atomic mass is 10.1. The normalized spacial score (nSPS) is 26.3. The number of aliphatic hydroxyl groups excluding tert-OH is 1. The van der Waals surface area contributed by atoms with Crippen LogP contribution in [0.5, 0.6) is 0 Å². The molecule has 1 fully saturated rings. The number of esters is 1. The van der Waals surface area contributed by atoms with Crippen LogP contribution >= 0.6 is 0 Å². The molecule has 2 heterocycles. The van der Waals surface area contributed by atoms with Crippen LogP contribution in [-0.4, -0.2) is 55.4 Å². The molecule has 1 atom stereocenters. The lowest BCUT2D eigenvalue weighted by Crippen LogP contribution is -2.39. The van der Waals surface area contributed by atoms with Crippen molar-refractivity contribution in [3.05, 3.63) is 11.3 Å². The van der Waals surface area contributed by atoms with E-state index < -0.39 is 5.97 Å². The van der Waals surface area contributed by atoms with Crippen molar-refractivity contribution in [2.24, 2.45) is 0 Å². The van der Waals surface area contributed by atoms with Crippen LogP contribution in [0.25, 0.3) is 0 Å². The van der Waals surface area contributed by atoms with Gasteiger partial charge in [-0.25, -0.2) is 4.79 Å². The van der Waals surface area contributed by atoms with Gasteiger partial charge in [0.15, 0.2) is 0 Å². The zero-order chi connectivity index (χ0) is 12.3. The van der Waals surface area contributed by atoms with Gasteiger partial charge in [-0.05, 0) is 12.8 Å². The van der Waals surface area contributed by atoms with Gasteiger partial charge in [0, 0.05) is 32.7 Å². The zero-order valence-corrected chi connectivity index (χ0v) is 10.1. The molecular formula is C12H19NO4. The van der Waals surface area contributed by atoms with Crippen molar-refractivity contribution in [1.82, 2.24) is 4.90 Å². The van der Waals surface area contributed by atoms with Crippen LogP contribution in [0.15, 0.2) is 11.3 Å². The maximum atomic E-state index is 11.5. The fourth-order valence-corrected chi connectivity index (χ4v) is 2.35. The Labute approximate surface area is 101 Å². The third kappa shape index (κ3) is 2.98. The first kappa shape index (κ1) is 12.4. The van der Waals surface area contributed by atoms with Gasteiger partial charge in [0.25, 0.3) is 0 Å². The third-order valence-electron chi connectivity index (χ3n) is 3.31. The highest BCUT2D eigenvalue weighted by Gasteiger charge is 2.27. The van der Waals surface area contributed by atoms with E-state index in [-0.39, 0.29) is 11.9 Å². The summed E-state index contributed by atoms with van der Waals surface area (Å²) in [5, 5.41) is 9.67. The summed E-state index contributed by atoms with van der Waals surface area (Å²) in [5.74, 6) is -0.264. The summed E-state index contributed by atoms with van der Waals surface area (Å²) in [6, 6.07) is 0. The molecule has 0 spiro atoms. The predicted octanol–water partition coefficient (Wildman–Crippen LogP) is 0.856. The van der Waals surface area contributed by atoms with Crippen LogP contribution in [0.1, 0.15) is 19.3 Å². The Kier molecular flexibility index (Phi) is 4.02. The first-order valence-corrected chi connectivity index (χ1v) is 6.04. The van der Waals surface area contributed by atoms with E-state index in [9.17, 15) is 9.90 Å². The number of nitrogens with zero attached hydrogens (tertiary/aromatic N) is 1. The van der Waals surface area contributed by atoms with Crippen LogP contribution < -0.4 is 0 Å². The van der Waals surface area contributed by atoms with Crippen LogP contribution in [0.4, 0.5) is 0 Å². The van der Waals surface area contributed by atoms with Crippen molar-refractivity contribution in [3.8, 4) is 0 Å². The molecule has 0 aromatic rings. The smallest absolute Gasteiger partial charge is 0.338 e. The number of methoxy groups -OCH3 is 1. The molecule has 0 radical (unpaired) electrons. The van der Waals surface area contributed by atoms with E-state index in [1.807, 2.05) is 0 Å². The number of ether oxygens (including phenoxy) is 2. The fourth-order valence-electron chi connectivity index (χ4n) is 2.35. The number of hydrogen-bond acceptors (Lipinski definition) is 5. The summed E-state index contributed by atoms with van der Waals surface area (Å²) in [6.07, 6.45) is 2.98. The van der Waals surface area contributed by atoms with E-state index in [0.717, 1.165) is 32.5 Å². The van der Waals surface area contributed by atoms with Crippen LogP contribution in [0.2, 0.25) is 0 Å². The van der Waals surface area contributed by atoms with E-state index in [2.05, 4.69) is 9.64 Å². The van der Waals surface area contributed by atoms with Gasteiger partial charge in [0.1, 0.15) is 5.76 Å². The lowest BCUT2D eigenvalue weighted by molar-refractivity contribution is -0.136. The molecule has 1 N–H and O–H groups in total. The van der Waals surface area contributed by atoms with Gasteiger partial charge >= 0.3 is 5.97 Å². The Morgan fingerprint density at radius 1 is 1.65 bits per heavy atom. The second-order valence-corrected chi connectivity index (χ2v) is 4.54. The molecule has 0 aromatic heterocycles. The van der Waals surface area contributed by atoms with Gasteiger partial charge in [-0.2, -0.15) is 0 Å². The molecule has 0 saturated carbocycles. The molecule has 17 heavy (non-hydrogen) atoms. The highest BCUT2D eigenvalue weighted by Crippen LogP contribution is 2.20. The van der Waals surface area contributed by atoms with E-state index >= 15 is 0 Å². The van der Waals surface area contributed by atoms with E-state index in [4.69, 9.17) is 4.74 Å². The lowest BCUT2D eigenvalue weighted by Gasteiger charge is -2.29. The quantitative estimate of drug-likeness (QED) is 0.742. The van der Waals surface area contributed by atoms with Gasteiger partial charge in [0.05, 0.1) is 18.8 Å². The molecule has 2 aliphatic rings. The summed E-state index contributed by atoms with van der Waals surface area (Å²) in [5.41, 5.74) is 0.386. The van der Waals surface area contributed by atoms with Crippen LogP contribution in [0.3, 0.4) is 0 Å². The van der Waals surface area contributed by atoms with Gasteiger partial charge in [-0.3, -0.25) is 4.90 Å². The van der Waals surface area contributed by atoms with Gasteiger partial charge in [-0.1, -0.05) is 0 Å². The number of carbonyl (C=O) groups excluding carboxylic acids is 1. The van der Waals surface area contributed by atoms with E-state index in [0.29, 0.717) is 18.5 Å². The van der Waals surface area contributed by atoms with Crippen molar-refractivity contribution < 1.29 is 19.4 Å². The largest absolute Gasteiger partial charge is 0.512 e. The van der Waals surface area contributed by atoms with Gasteiger partial charge in [-0.15, -0.1) is 0 Å². The Morgan fingerprint density at radius 2 is 2.47 bits per heavy atom. The summed E-state index contributed by atoms with van der Waals surface area (Å²) in [4.78, 5) is 13.6. The first-order chi connectivity index (χ1) is 8.20. The molecule has 0 aliphatic carbocycles. The van der Waals surface area contributed by atoms with E-state index in [1.54, 1.807) is 0 Å². The minimum Gasteiger partial charge on any atom is -0.512 e. The number of hydrogen-bond donors (Lipinski definition) is 1. The SMILES string of the molecule is COC(=O)C1=C(O)CCN(CC2CCCO2)C1. The Bertz CT molecular complexity index is 320. The Balaban J connectivity index is 1.93. The second kappa shape index (κ2) is 5.51. The van der Waals surface area contributed by atoms with Gasteiger partial charge in [0.2, 0.25) is 0 Å². The summed E-state index contributed by atoms with van der Waals surface area (Å²) < 4.78 is 10.2. The molecule has 1 saturated heterocycles. The topological polar surface area (TPSA) is 59.0 Å². The number of aliphatic hydroxyl groups is 1. The van der Waals surface area contributed by atoms with Crippen molar-refractivity contribution in [2.75, 3.05) is 33.4 Å². The predicted molar refractivity (Wildman–Crippen MR) is 61.7 cm³/mol. The van der Waals surface area contributed by atoms with Crippen molar-refractivity contribution in [3.63, 3.8) is 0 Å². The fraction of sp³-hybridized carbons (Fsp3) is 0.750. The molecule has 2 rings (SSSR count). The maximum Gasteiger partial charge on any atom is 0.338 e. The average Bonchev–Trinajstić information content (AvgIpc) is 2.83. The van der Waals surface area contributed by atoms with Crippen LogP contribution in [0, 0.1) is 0 Å². The zero-order valence-electron chi connectivity index (χ0n) is 10.1. The first-order valence-electron chi connectivity index (χ1n) is 6.04. The minimum absolute atomic E-state index is 0.167. The molecule has 0 amide bonds. The summed E-state index contributed by atoms with van der Waals surface area (Å²) in [6.45, 7) is 2.89. The second-order valence-electron chi connectivity index (χ2n) is 4.54. The van der Waals surface area contributed by atoms with Crippen LogP contribution in [-0.2, 0) is 14.3 Å². The summed E-state index contributed by atoms with van der Waals surface area (Å²) >= 11 is 0. The molecule has 5 heteroatoms. The molecule has 0 aromatic carbocycles. The van der Waals surface area contributed by atoms with Crippen molar-refractivity contribution >= 4 is 5.97 Å². The number of carbonyl (C=O) groups is 1. The molecule has 96 valence electrons. The molecule has 5 nitrogen and oxygen atoms in total. The van der Waals surface area contributed by atoms with Gasteiger partial charge < -0.3 is 14.6 Å². The highest BCUT2D eigenvalue weighted by atomic mass is 16.5. The molecule has 2 aliphatic heterocycles. The monoisotopic (exact) mass is 241 g/mol. The maximum absolute atomic E-state index is 11.5. The summed E-state index contributed by atoms with van der Waals surface area (Å²) in [7, 11) is 1.33. The average molecular weight is 241 g/mol. The molecule has 0 bridgehead atoms. The Hall–Kier alpha value is -1.07. The highest BCUT2D eigenvalue weighted by molar-refractivity contribution is 5.89. The third-order valence-corrected chi connectivity index (χ3v) is 3.31. The number of rotatable bonds is 3. The standard InChI is InChI=1S/C12H19NO4/c1-16-12(15)10-8-13(5-4-11(10)14)7-9-3-2-6-17-9/h9,14H,2-8H2,1H3. The molecule has 1 unspecified atom stereocenters. The Morgan fingerprint density at radius 3 is 3.12 bits per heavy atom. The molecular weight excluding hydrogens is 222 g/mol. The van der Waals surface area contributed by atoms with Crippen molar-refractivity contribution in [2.45, 2.75) is 25.4 Å². The van der Waals surface area contributed by atoms with E-state index in [1.165, 1.54) is 7.11 Å².